The van der Waals surface area contributed by atoms with Gasteiger partial charge in [-0.05, 0) is 25.1 Å². The van der Waals surface area contributed by atoms with Crippen molar-refractivity contribution >= 4 is 29.1 Å². The van der Waals surface area contributed by atoms with E-state index in [1.807, 2.05) is 0 Å². The van der Waals surface area contributed by atoms with E-state index in [4.69, 9.17) is 14.6 Å². The predicted octanol–water partition coefficient (Wildman–Crippen LogP) is 1.87. The molecule has 26 heavy (non-hydrogen) atoms. The summed E-state index contributed by atoms with van der Waals surface area (Å²) in [6.07, 6.45) is 1.27. The number of hydrogen-bond donors (Lipinski definition) is 1. The number of nitro groups is 1. The molecule has 0 bridgehead atoms. The number of nitrogens with zero attached hydrogens (tertiary/aromatic N) is 4. The standard InChI is InChI=1S/C16H15N5O5/c1-2-25-15(22)10-19-12-5-3-4-6-13(12)20(16(19)17)18-9-11-7-8-14(26-11)21(23)24/h3-9,17H,2,10H2,1H3/b17-16?,18-9-. The Morgan fingerprint density at radius 1 is 1.35 bits per heavy atom. The van der Waals surface area contributed by atoms with E-state index in [0.717, 1.165) is 0 Å². The monoisotopic (exact) mass is 357 g/mol. The van der Waals surface area contributed by atoms with Crippen molar-refractivity contribution in [3.05, 3.63) is 57.9 Å². The summed E-state index contributed by atoms with van der Waals surface area (Å²) in [4.78, 5) is 21.8. The van der Waals surface area contributed by atoms with Crippen LogP contribution < -0.4 is 5.62 Å². The second-order valence-corrected chi connectivity index (χ2v) is 5.19. The third kappa shape index (κ3) is 3.24. The lowest BCUT2D eigenvalue weighted by Gasteiger charge is -2.03. The summed E-state index contributed by atoms with van der Waals surface area (Å²) in [5.74, 6) is -0.683. The molecule has 0 fully saturated rings. The lowest BCUT2D eigenvalue weighted by Crippen LogP contribution is -2.26. The van der Waals surface area contributed by atoms with Crippen LogP contribution in [0.1, 0.15) is 12.7 Å². The van der Waals surface area contributed by atoms with Crippen LogP contribution >= 0.6 is 0 Å². The molecule has 1 aromatic carbocycles. The third-order valence-corrected chi connectivity index (χ3v) is 3.54. The Balaban J connectivity index is 2.01. The van der Waals surface area contributed by atoms with Gasteiger partial charge in [0, 0.05) is 0 Å². The molecule has 0 saturated carbocycles. The van der Waals surface area contributed by atoms with Gasteiger partial charge in [0.05, 0.1) is 29.9 Å². The van der Waals surface area contributed by atoms with Gasteiger partial charge in [-0.25, -0.2) is 0 Å². The molecule has 0 spiro atoms. The number of ether oxygens (including phenoxy) is 1. The maximum absolute atomic E-state index is 11.8. The van der Waals surface area contributed by atoms with E-state index in [9.17, 15) is 14.9 Å². The number of imidazole rings is 1. The Morgan fingerprint density at radius 3 is 2.73 bits per heavy atom. The molecule has 0 atom stereocenters. The highest BCUT2D eigenvalue weighted by Crippen LogP contribution is 2.15. The molecule has 2 aromatic heterocycles. The first-order valence-electron chi connectivity index (χ1n) is 7.70. The molecular formula is C16H15N5O5. The second-order valence-electron chi connectivity index (χ2n) is 5.19. The van der Waals surface area contributed by atoms with Crippen molar-refractivity contribution in [1.29, 1.82) is 5.41 Å². The van der Waals surface area contributed by atoms with Crippen LogP contribution in [-0.4, -0.2) is 33.0 Å². The van der Waals surface area contributed by atoms with Gasteiger partial charge in [0.25, 0.3) is 0 Å². The predicted molar refractivity (Wildman–Crippen MR) is 90.8 cm³/mol. The van der Waals surface area contributed by atoms with E-state index in [1.54, 1.807) is 31.2 Å². The van der Waals surface area contributed by atoms with Gasteiger partial charge in [-0.1, -0.05) is 12.1 Å². The molecule has 1 N–H and O–H groups in total. The Hall–Kier alpha value is -3.69. The molecule has 10 nitrogen and oxygen atoms in total. The Morgan fingerprint density at radius 2 is 2.08 bits per heavy atom. The smallest absolute Gasteiger partial charge is 0.433 e. The molecule has 0 radical (unpaired) electrons. The molecule has 134 valence electrons. The fourth-order valence-corrected chi connectivity index (χ4v) is 2.45. The van der Waals surface area contributed by atoms with Crippen LogP contribution in [0.5, 0.6) is 0 Å². The zero-order valence-electron chi connectivity index (χ0n) is 13.8. The van der Waals surface area contributed by atoms with Crippen LogP contribution in [0.15, 0.2) is 45.9 Å². The van der Waals surface area contributed by atoms with Gasteiger partial charge in [-0.15, -0.1) is 0 Å². The summed E-state index contributed by atoms with van der Waals surface area (Å²) >= 11 is 0. The minimum Gasteiger partial charge on any atom is -0.465 e. The van der Waals surface area contributed by atoms with Crippen LogP contribution in [0.3, 0.4) is 0 Å². The molecule has 0 aliphatic carbocycles. The van der Waals surface area contributed by atoms with E-state index in [1.165, 1.54) is 27.6 Å². The molecule has 10 heteroatoms. The number of fused-ring (bicyclic) bond motifs is 1. The fraction of sp³-hybridized carbons (Fsp3) is 0.188. The number of esters is 1. The van der Waals surface area contributed by atoms with Crippen LogP contribution in [0.4, 0.5) is 5.88 Å². The lowest BCUT2D eigenvalue weighted by molar-refractivity contribution is -0.402. The number of rotatable bonds is 6. The zero-order chi connectivity index (χ0) is 18.7. The van der Waals surface area contributed by atoms with Crippen molar-refractivity contribution in [2.24, 2.45) is 5.10 Å². The van der Waals surface area contributed by atoms with Gasteiger partial charge in [-0.2, -0.15) is 9.78 Å². The summed E-state index contributed by atoms with van der Waals surface area (Å²) in [5.41, 5.74) is 1.18. The number of nitrogens with one attached hydrogen (secondary N) is 1. The SMILES string of the molecule is CCOC(=O)Cn1c(=N)n(/N=C\c2ccc([N+](=O)[O-])o2)c2ccccc21. The minimum absolute atomic E-state index is 0.0449. The number of hydrogen-bond acceptors (Lipinski definition) is 7. The number of furan rings is 1. The molecule has 0 amide bonds. The van der Waals surface area contributed by atoms with Gasteiger partial charge >= 0.3 is 11.9 Å². The second kappa shape index (κ2) is 7.05. The highest BCUT2D eigenvalue weighted by molar-refractivity contribution is 5.80. The summed E-state index contributed by atoms with van der Waals surface area (Å²) < 4.78 is 12.7. The molecule has 0 aliphatic rings. The quantitative estimate of drug-likeness (QED) is 0.312. The van der Waals surface area contributed by atoms with Crippen LogP contribution in [0, 0.1) is 15.5 Å². The summed E-state index contributed by atoms with van der Waals surface area (Å²) in [6, 6.07) is 9.70. The van der Waals surface area contributed by atoms with Crippen LogP contribution in [0.25, 0.3) is 11.0 Å². The largest absolute Gasteiger partial charge is 0.465 e. The van der Waals surface area contributed by atoms with E-state index < -0.39 is 16.8 Å². The van der Waals surface area contributed by atoms with Crippen molar-refractivity contribution in [3.63, 3.8) is 0 Å². The minimum atomic E-state index is -0.647. The number of aromatic nitrogens is 2. The van der Waals surface area contributed by atoms with E-state index in [0.29, 0.717) is 11.0 Å². The van der Waals surface area contributed by atoms with Crippen molar-refractivity contribution < 1.29 is 18.9 Å². The molecular weight excluding hydrogens is 342 g/mol. The first-order valence-corrected chi connectivity index (χ1v) is 7.70. The molecule has 0 aliphatic heterocycles. The van der Waals surface area contributed by atoms with E-state index >= 15 is 0 Å². The van der Waals surface area contributed by atoms with Gasteiger partial charge in [0.15, 0.2) is 5.76 Å². The average Bonchev–Trinajstić information content (AvgIpc) is 3.18. The lowest BCUT2D eigenvalue weighted by atomic mass is 10.3. The Bertz CT molecular complexity index is 1060. The van der Waals surface area contributed by atoms with Gasteiger partial charge in [0.2, 0.25) is 5.62 Å². The van der Waals surface area contributed by atoms with Gasteiger partial charge < -0.3 is 9.15 Å². The van der Waals surface area contributed by atoms with Crippen LogP contribution in [-0.2, 0) is 16.1 Å². The first kappa shape index (κ1) is 17.1. The van der Waals surface area contributed by atoms with Gasteiger partial charge in [-0.3, -0.25) is 24.9 Å². The highest BCUT2D eigenvalue weighted by atomic mass is 16.6. The summed E-state index contributed by atoms with van der Waals surface area (Å²) in [7, 11) is 0. The van der Waals surface area contributed by atoms with E-state index in [-0.39, 0.29) is 24.5 Å². The molecule has 3 rings (SSSR count). The summed E-state index contributed by atoms with van der Waals surface area (Å²) in [6.45, 7) is 1.84. The fourth-order valence-electron chi connectivity index (χ4n) is 2.45. The number of benzene rings is 1. The van der Waals surface area contributed by atoms with Crippen molar-refractivity contribution in [2.75, 3.05) is 6.61 Å². The highest BCUT2D eigenvalue weighted by Gasteiger charge is 2.14. The van der Waals surface area contributed by atoms with Crippen molar-refractivity contribution in [3.8, 4) is 0 Å². The number of carbonyl (C=O) groups excluding carboxylic acids is 1. The van der Waals surface area contributed by atoms with Crippen LogP contribution in [0.2, 0.25) is 0 Å². The number of para-hydroxylation sites is 2. The topological polar surface area (TPSA) is 129 Å². The maximum Gasteiger partial charge on any atom is 0.433 e. The van der Waals surface area contributed by atoms with Crippen molar-refractivity contribution in [1.82, 2.24) is 9.24 Å². The molecule has 0 saturated heterocycles. The van der Waals surface area contributed by atoms with E-state index in [2.05, 4.69) is 5.10 Å². The zero-order valence-corrected chi connectivity index (χ0v) is 13.8. The molecule has 0 unspecified atom stereocenters. The Kier molecular flexibility index (Phi) is 4.65. The Labute approximate surface area is 146 Å². The number of carbonyl (C=O) groups is 1. The maximum atomic E-state index is 11.8. The van der Waals surface area contributed by atoms with Gasteiger partial charge in [0.1, 0.15) is 11.5 Å². The first-order chi connectivity index (χ1) is 12.5. The third-order valence-electron chi connectivity index (χ3n) is 3.54. The molecule has 2 heterocycles. The normalized spacial score (nSPS) is 11.3. The van der Waals surface area contributed by atoms with Crippen molar-refractivity contribution in [2.45, 2.75) is 13.5 Å². The average molecular weight is 357 g/mol. The summed E-state index contributed by atoms with van der Waals surface area (Å²) in [5, 5.41) is 23.1. The molecule has 3 aromatic rings.